The molecule has 0 radical (unpaired) electrons. The Morgan fingerprint density at radius 2 is 2.29 bits per heavy atom. The van der Waals surface area contributed by atoms with Gasteiger partial charge in [-0.2, -0.15) is 0 Å². The first kappa shape index (κ1) is 14.2. The van der Waals surface area contributed by atoms with Crippen molar-refractivity contribution < 1.29 is 9.50 Å². The summed E-state index contributed by atoms with van der Waals surface area (Å²) in [6, 6.07) is 5.16. The van der Waals surface area contributed by atoms with Crippen LogP contribution in [0.3, 0.4) is 0 Å². The van der Waals surface area contributed by atoms with Crippen molar-refractivity contribution in [2.75, 3.05) is 31.6 Å². The number of anilines is 1. The normalized spacial score (nSPS) is 19.8. The molecule has 21 heavy (non-hydrogen) atoms. The molecular formula is C15H19FN4O. The van der Waals surface area contributed by atoms with Gasteiger partial charge in [-0.3, -0.25) is 4.90 Å². The van der Waals surface area contributed by atoms with Gasteiger partial charge in [0.15, 0.2) is 0 Å². The Kier molecular flexibility index (Phi) is 4.26. The second kappa shape index (κ2) is 6.32. The standard InChI is InChI=1S/C15H19FN4O/c16-13-5-1-4-12-14(13)17-10-18-15(12)19-11-3-2-6-20(9-11)7-8-21/h1,4-5,10-11,21H,2-3,6-9H2,(H,17,18,19)/t11-/m0/s1. The van der Waals surface area contributed by atoms with Gasteiger partial charge in [-0.25, -0.2) is 14.4 Å². The lowest BCUT2D eigenvalue weighted by Crippen LogP contribution is -2.43. The van der Waals surface area contributed by atoms with Gasteiger partial charge in [0.05, 0.1) is 6.61 Å². The van der Waals surface area contributed by atoms with Crippen molar-refractivity contribution in [2.45, 2.75) is 18.9 Å². The molecule has 2 N–H and O–H groups in total. The Balaban J connectivity index is 1.80. The van der Waals surface area contributed by atoms with Crippen LogP contribution in [0, 0.1) is 5.82 Å². The van der Waals surface area contributed by atoms with Crippen molar-refractivity contribution in [2.24, 2.45) is 0 Å². The van der Waals surface area contributed by atoms with E-state index in [1.807, 2.05) is 6.07 Å². The Morgan fingerprint density at radius 1 is 1.38 bits per heavy atom. The van der Waals surface area contributed by atoms with Crippen LogP contribution in [0.5, 0.6) is 0 Å². The van der Waals surface area contributed by atoms with Gasteiger partial charge in [0.2, 0.25) is 0 Å². The second-order valence-electron chi connectivity index (χ2n) is 5.37. The maximum absolute atomic E-state index is 13.8. The minimum absolute atomic E-state index is 0.175. The van der Waals surface area contributed by atoms with Crippen LogP contribution >= 0.6 is 0 Å². The molecule has 1 atom stereocenters. The van der Waals surface area contributed by atoms with Crippen LogP contribution in [0.25, 0.3) is 10.9 Å². The lowest BCUT2D eigenvalue weighted by atomic mass is 10.1. The van der Waals surface area contributed by atoms with E-state index in [0.717, 1.165) is 25.9 Å². The Labute approximate surface area is 122 Å². The van der Waals surface area contributed by atoms with E-state index < -0.39 is 0 Å². The fourth-order valence-electron chi connectivity index (χ4n) is 2.88. The first-order chi connectivity index (χ1) is 10.3. The van der Waals surface area contributed by atoms with E-state index in [1.54, 1.807) is 6.07 Å². The first-order valence-corrected chi connectivity index (χ1v) is 7.27. The van der Waals surface area contributed by atoms with E-state index in [-0.39, 0.29) is 18.5 Å². The number of nitrogens with zero attached hydrogens (tertiary/aromatic N) is 3. The SMILES string of the molecule is OCCN1CCC[C@H](Nc2ncnc3c(F)cccc23)C1. The maximum Gasteiger partial charge on any atom is 0.149 e. The third kappa shape index (κ3) is 3.11. The predicted molar refractivity (Wildman–Crippen MR) is 79.7 cm³/mol. The van der Waals surface area contributed by atoms with Crippen molar-refractivity contribution in [3.63, 3.8) is 0 Å². The number of halogens is 1. The molecule has 3 rings (SSSR count). The molecule has 1 aromatic carbocycles. The number of aromatic nitrogens is 2. The number of β-amino-alcohol motifs (C(OH)–C–C–N with tert-alkyl or cyclic N) is 1. The minimum atomic E-state index is -0.330. The number of benzene rings is 1. The number of piperidine rings is 1. The molecule has 0 unspecified atom stereocenters. The molecular weight excluding hydrogens is 271 g/mol. The molecule has 2 aromatic rings. The van der Waals surface area contributed by atoms with Crippen LogP contribution in [0.1, 0.15) is 12.8 Å². The molecule has 0 spiro atoms. The zero-order valence-electron chi connectivity index (χ0n) is 11.8. The molecule has 1 saturated heterocycles. The molecule has 1 fully saturated rings. The van der Waals surface area contributed by atoms with E-state index in [2.05, 4.69) is 20.2 Å². The van der Waals surface area contributed by atoms with Gasteiger partial charge in [-0.05, 0) is 31.5 Å². The molecule has 1 aliphatic heterocycles. The molecule has 0 amide bonds. The fourth-order valence-corrected chi connectivity index (χ4v) is 2.88. The highest BCUT2D eigenvalue weighted by Crippen LogP contribution is 2.23. The lowest BCUT2D eigenvalue weighted by Gasteiger charge is -2.33. The van der Waals surface area contributed by atoms with Crippen molar-refractivity contribution in [3.05, 3.63) is 30.3 Å². The van der Waals surface area contributed by atoms with Crippen molar-refractivity contribution in [1.29, 1.82) is 0 Å². The Bertz CT molecular complexity index is 620. The molecule has 6 heteroatoms. The van der Waals surface area contributed by atoms with Crippen LogP contribution in [0.4, 0.5) is 10.2 Å². The summed E-state index contributed by atoms with van der Waals surface area (Å²) < 4.78 is 13.8. The average molecular weight is 290 g/mol. The average Bonchev–Trinajstić information content (AvgIpc) is 2.49. The van der Waals surface area contributed by atoms with Gasteiger partial charge in [0.25, 0.3) is 0 Å². The molecule has 0 saturated carbocycles. The van der Waals surface area contributed by atoms with Crippen LogP contribution in [0.15, 0.2) is 24.5 Å². The van der Waals surface area contributed by atoms with Gasteiger partial charge in [-0.1, -0.05) is 6.07 Å². The second-order valence-corrected chi connectivity index (χ2v) is 5.37. The van der Waals surface area contributed by atoms with Crippen molar-refractivity contribution >= 4 is 16.7 Å². The zero-order valence-corrected chi connectivity index (χ0v) is 11.8. The number of aliphatic hydroxyl groups excluding tert-OH is 1. The van der Waals surface area contributed by atoms with E-state index in [0.29, 0.717) is 23.3 Å². The molecule has 5 nitrogen and oxygen atoms in total. The monoisotopic (exact) mass is 290 g/mol. The summed E-state index contributed by atoms with van der Waals surface area (Å²) >= 11 is 0. The summed E-state index contributed by atoms with van der Waals surface area (Å²) in [6.45, 7) is 2.74. The summed E-state index contributed by atoms with van der Waals surface area (Å²) in [4.78, 5) is 10.5. The van der Waals surface area contributed by atoms with Crippen molar-refractivity contribution in [1.82, 2.24) is 14.9 Å². The molecule has 0 bridgehead atoms. The van der Waals surface area contributed by atoms with Crippen LogP contribution in [-0.4, -0.2) is 52.3 Å². The quantitative estimate of drug-likeness (QED) is 0.896. The highest BCUT2D eigenvalue weighted by atomic mass is 19.1. The third-order valence-corrected chi connectivity index (χ3v) is 3.88. The molecule has 2 heterocycles. The lowest BCUT2D eigenvalue weighted by molar-refractivity contribution is 0.166. The van der Waals surface area contributed by atoms with Crippen LogP contribution in [0.2, 0.25) is 0 Å². The van der Waals surface area contributed by atoms with E-state index in [1.165, 1.54) is 12.4 Å². The number of para-hydroxylation sites is 1. The van der Waals surface area contributed by atoms with E-state index in [4.69, 9.17) is 5.11 Å². The molecule has 0 aliphatic carbocycles. The number of hydrogen-bond acceptors (Lipinski definition) is 5. The number of fused-ring (bicyclic) bond motifs is 1. The Hall–Kier alpha value is -1.79. The summed E-state index contributed by atoms with van der Waals surface area (Å²) in [5, 5.41) is 13.1. The summed E-state index contributed by atoms with van der Waals surface area (Å²) in [7, 11) is 0. The zero-order chi connectivity index (χ0) is 14.7. The minimum Gasteiger partial charge on any atom is -0.395 e. The topological polar surface area (TPSA) is 61.3 Å². The molecule has 1 aliphatic rings. The first-order valence-electron chi connectivity index (χ1n) is 7.27. The smallest absolute Gasteiger partial charge is 0.149 e. The molecule has 112 valence electrons. The van der Waals surface area contributed by atoms with Crippen LogP contribution < -0.4 is 5.32 Å². The number of hydrogen-bond donors (Lipinski definition) is 2. The maximum atomic E-state index is 13.8. The van der Waals surface area contributed by atoms with Gasteiger partial charge in [0, 0.05) is 24.5 Å². The summed E-state index contributed by atoms with van der Waals surface area (Å²) in [5.41, 5.74) is 0.345. The number of rotatable bonds is 4. The van der Waals surface area contributed by atoms with Gasteiger partial charge in [-0.15, -0.1) is 0 Å². The summed E-state index contributed by atoms with van der Waals surface area (Å²) in [5.74, 6) is 0.346. The summed E-state index contributed by atoms with van der Waals surface area (Å²) in [6.07, 6.45) is 3.51. The molecule has 1 aromatic heterocycles. The number of likely N-dealkylation sites (tertiary alicyclic amines) is 1. The van der Waals surface area contributed by atoms with Crippen LogP contribution in [-0.2, 0) is 0 Å². The highest BCUT2D eigenvalue weighted by Gasteiger charge is 2.20. The number of nitrogens with one attached hydrogen (secondary N) is 1. The van der Waals surface area contributed by atoms with Crippen molar-refractivity contribution in [3.8, 4) is 0 Å². The fraction of sp³-hybridized carbons (Fsp3) is 0.467. The predicted octanol–water partition coefficient (Wildman–Crippen LogP) is 1.64. The highest BCUT2D eigenvalue weighted by molar-refractivity contribution is 5.89. The largest absolute Gasteiger partial charge is 0.395 e. The van der Waals surface area contributed by atoms with Gasteiger partial charge in [0.1, 0.15) is 23.5 Å². The third-order valence-electron chi connectivity index (χ3n) is 3.88. The van der Waals surface area contributed by atoms with Gasteiger partial charge < -0.3 is 10.4 Å². The Morgan fingerprint density at radius 3 is 3.14 bits per heavy atom. The van der Waals surface area contributed by atoms with E-state index in [9.17, 15) is 4.39 Å². The van der Waals surface area contributed by atoms with Gasteiger partial charge >= 0.3 is 0 Å². The van der Waals surface area contributed by atoms with E-state index >= 15 is 0 Å². The number of aliphatic hydroxyl groups is 1.